The van der Waals surface area contributed by atoms with Crippen LogP contribution in [0.25, 0.3) is 6.08 Å². The maximum absolute atomic E-state index is 15.4. The Bertz CT molecular complexity index is 1070. The molecule has 0 radical (unpaired) electrons. The first-order valence-electron chi connectivity index (χ1n) is 14.0. The van der Waals surface area contributed by atoms with Gasteiger partial charge in [-0.1, -0.05) is 27.2 Å². The molecule has 1 aromatic rings. The number of nitrogens with zero attached hydrogens (tertiary/aromatic N) is 1. The highest BCUT2D eigenvalue weighted by Crippen LogP contribution is 2.45. The first-order valence-corrected chi connectivity index (χ1v) is 14.9. The number of Topliss-reactive ketones (excluding diaryl/α,β-unsaturated/α-hetero) is 1. The van der Waals surface area contributed by atoms with Gasteiger partial charge in [-0.25, -0.2) is 9.37 Å². The summed E-state index contributed by atoms with van der Waals surface area (Å²) in [5, 5.41) is 24.8. The molecular formula is C29H42FNO7S. The standard InChI is InChI=1S/C29H42FNO7S/c1-16-7-6-10-29(5)24(38-29)12-22(21(30)11-18-15-39-17(2)31-18)37-25(33)13-23(32)28(3,4)27(35)20(26(16)34)9-8-19-14-36-19/h11,15-16,19-20,22-24,26,32,34H,6-10,12-14H2,1-5H3. The van der Waals surface area contributed by atoms with Crippen LogP contribution in [-0.2, 0) is 23.8 Å². The summed E-state index contributed by atoms with van der Waals surface area (Å²) in [4.78, 5) is 31.0. The van der Waals surface area contributed by atoms with Crippen LogP contribution in [-0.4, -0.2) is 69.7 Å². The molecule has 8 nitrogen and oxygen atoms in total. The minimum atomic E-state index is -1.37. The van der Waals surface area contributed by atoms with Gasteiger partial charge in [0.05, 0.1) is 59.2 Å². The Balaban J connectivity index is 1.57. The summed E-state index contributed by atoms with van der Waals surface area (Å²) in [6, 6.07) is 0. The summed E-state index contributed by atoms with van der Waals surface area (Å²) in [7, 11) is 0. The molecule has 218 valence electrons. The van der Waals surface area contributed by atoms with Gasteiger partial charge in [0.2, 0.25) is 0 Å². The number of fused-ring (bicyclic) bond motifs is 1. The summed E-state index contributed by atoms with van der Waals surface area (Å²) < 4.78 is 32.2. The number of epoxide rings is 2. The molecule has 0 spiro atoms. The molecule has 0 aromatic carbocycles. The van der Waals surface area contributed by atoms with Gasteiger partial charge in [0, 0.05) is 17.7 Å². The van der Waals surface area contributed by atoms with Crippen LogP contribution in [0.15, 0.2) is 11.2 Å². The van der Waals surface area contributed by atoms with Crippen LogP contribution in [0.2, 0.25) is 0 Å². The molecule has 3 aliphatic heterocycles. The van der Waals surface area contributed by atoms with Crippen LogP contribution in [0.4, 0.5) is 4.39 Å². The lowest BCUT2D eigenvalue weighted by Crippen LogP contribution is -2.47. The zero-order chi connectivity index (χ0) is 28.5. The van der Waals surface area contributed by atoms with E-state index in [1.807, 2.05) is 20.8 Å². The summed E-state index contributed by atoms with van der Waals surface area (Å²) >= 11 is 1.39. The number of aromatic nitrogens is 1. The van der Waals surface area contributed by atoms with Crippen LogP contribution in [0.1, 0.15) is 83.3 Å². The van der Waals surface area contributed by atoms with E-state index in [9.17, 15) is 19.8 Å². The second kappa shape index (κ2) is 12.0. The van der Waals surface area contributed by atoms with Crippen LogP contribution < -0.4 is 0 Å². The number of hydrogen-bond acceptors (Lipinski definition) is 9. The Labute approximate surface area is 233 Å². The van der Waals surface area contributed by atoms with Crippen LogP contribution >= 0.6 is 11.3 Å². The third-order valence-electron chi connectivity index (χ3n) is 8.66. The molecule has 0 amide bonds. The lowest BCUT2D eigenvalue weighted by Gasteiger charge is -2.36. The number of hydrogen-bond donors (Lipinski definition) is 2. The van der Waals surface area contributed by atoms with E-state index in [2.05, 4.69) is 4.98 Å². The highest BCUT2D eigenvalue weighted by Gasteiger charge is 2.53. The monoisotopic (exact) mass is 567 g/mol. The van der Waals surface area contributed by atoms with E-state index in [1.165, 1.54) is 17.4 Å². The van der Waals surface area contributed by atoms with Crippen molar-refractivity contribution in [3.05, 3.63) is 21.9 Å². The Kier molecular flexibility index (Phi) is 9.33. The quantitative estimate of drug-likeness (QED) is 0.393. The van der Waals surface area contributed by atoms with E-state index in [0.717, 1.165) is 11.4 Å². The average molecular weight is 568 g/mol. The second-order valence-corrected chi connectivity index (χ2v) is 13.3. The van der Waals surface area contributed by atoms with E-state index in [0.29, 0.717) is 38.0 Å². The number of halogens is 1. The van der Waals surface area contributed by atoms with Crippen LogP contribution in [0, 0.1) is 24.2 Å². The van der Waals surface area contributed by atoms with E-state index in [4.69, 9.17) is 14.2 Å². The number of aliphatic hydroxyl groups excluding tert-OH is 2. The number of ketones is 1. The van der Waals surface area contributed by atoms with Crippen molar-refractivity contribution in [2.45, 2.75) is 116 Å². The summed E-state index contributed by atoms with van der Waals surface area (Å²) in [6.45, 7) is 9.54. The van der Waals surface area contributed by atoms with Gasteiger partial charge in [0.1, 0.15) is 11.6 Å². The zero-order valence-corrected chi connectivity index (χ0v) is 24.3. The zero-order valence-electron chi connectivity index (χ0n) is 23.5. The molecule has 4 heterocycles. The lowest BCUT2D eigenvalue weighted by molar-refractivity contribution is -0.155. The van der Waals surface area contributed by atoms with Gasteiger partial charge in [-0.05, 0) is 51.5 Å². The van der Waals surface area contributed by atoms with Gasteiger partial charge in [0.25, 0.3) is 0 Å². The molecule has 0 aliphatic carbocycles. The van der Waals surface area contributed by atoms with Gasteiger partial charge >= 0.3 is 5.97 Å². The molecule has 4 rings (SSSR count). The average Bonchev–Trinajstić information content (AvgIpc) is 3.76. The first-order chi connectivity index (χ1) is 18.3. The minimum absolute atomic E-state index is 0.0978. The van der Waals surface area contributed by atoms with Crippen LogP contribution in [0.3, 0.4) is 0 Å². The molecule has 0 bridgehead atoms. The van der Waals surface area contributed by atoms with Crippen molar-refractivity contribution in [2.24, 2.45) is 17.3 Å². The van der Waals surface area contributed by atoms with E-state index < -0.39 is 53.5 Å². The maximum Gasteiger partial charge on any atom is 0.309 e. The van der Waals surface area contributed by atoms with Crippen molar-refractivity contribution < 1.29 is 38.4 Å². The SMILES string of the molecule is Cc1nc(C=C(F)C2CC3OC3(C)CCCC(C)C(O)C(CCC3CO3)C(=O)C(C)(C)C(O)CC(=O)O2)cs1. The molecule has 8 unspecified atom stereocenters. The first kappa shape index (κ1) is 30.2. The molecule has 3 fully saturated rings. The predicted octanol–water partition coefficient (Wildman–Crippen LogP) is 4.54. The number of esters is 1. The van der Waals surface area contributed by atoms with Crippen molar-refractivity contribution in [3.63, 3.8) is 0 Å². The number of rotatable bonds is 5. The van der Waals surface area contributed by atoms with E-state index >= 15 is 4.39 Å². The van der Waals surface area contributed by atoms with Crippen molar-refractivity contribution in [3.8, 4) is 0 Å². The van der Waals surface area contributed by atoms with Crippen molar-refractivity contribution >= 4 is 29.2 Å². The Morgan fingerprint density at radius 2 is 1.97 bits per heavy atom. The number of carbonyl (C=O) groups excluding carboxylic acids is 2. The number of thiazole rings is 1. The lowest BCUT2D eigenvalue weighted by atomic mass is 9.71. The van der Waals surface area contributed by atoms with Gasteiger partial charge in [-0.15, -0.1) is 11.3 Å². The van der Waals surface area contributed by atoms with Gasteiger partial charge < -0.3 is 24.4 Å². The van der Waals surface area contributed by atoms with E-state index in [-0.39, 0.29) is 30.3 Å². The molecule has 39 heavy (non-hydrogen) atoms. The number of carbonyl (C=O) groups is 2. The Hall–Kier alpha value is -1.72. The molecule has 1 aromatic heterocycles. The third kappa shape index (κ3) is 7.52. The largest absolute Gasteiger partial charge is 0.455 e. The topological polar surface area (TPSA) is 122 Å². The number of aryl methyl sites for hydroxylation is 1. The smallest absolute Gasteiger partial charge is 0.309 e. The molecule has 3 aliphatic rings. The number of cyclic esters (lactones) is 1. The molecule has 8 atom stereocenters. The number of aliphatic hydroxyl groups is 2. The molecular weight excluding hydrogens is 525 g/mol. The second-order valence-electron chi connectivity index (χ2n) is 12.3. The number of ether oxygens (including phenoxy) is 3. The third-order valence-corrected chi connectivity index (χ3v) is 9.45. The van der Waals surface area contributed by atoms with Crippen molar-refractivity contribution in [1.29, 1.82) is 0 Å². The van der Waals surface area contributed by atoms with Gasteiger partial charge in [0.15, 0.2) is 6.10 Å². The molecule has 3 saturated heterocycles. The van der Waals surface area contributed by atoms with Crippen molar-refractivity contribution in [2.75, 3.05) is 6.61 Å². The fraction of sp³-hybridized carbons (Fsp3) is 0.759. The molecule has 10 heteroatoms. The van der Waals surface area contributed by atoms with E-state index in [1.54, 1.807) is 19.2 Å². The Morgan fingerprint density at radius 1 is 1.26 bits per heavy atom. The highest BCUT2D eigenvalue weighted by molar-refractivity contribution is 7.09. The summed E-state index contributed by atoms with van der Waals surface area (Å²) in [6.07, 6.45) is 0.493. The summed E-state index contributed by atoms with van der Waals surface area (Å²) in [5.41, 5.74) is -1.37. The fourth-order valence-corrected chi connectivity index (χ4v) is 6.13. The predicted molar refractivity (Wildman–Crippen MR) is 145 cm³/mol. The van der Waals surface area contributed by atoms with Crippen LogP contribution in [0.5, 0.6) is 0 Å². The van der Waals surface area contributed by atoms with Gasteiger partial charge in [-0.2, -0.15) is 0 Å². The minimum Gasteiger partial charge on any atom is -0.455 e. The maximum atomic E-state index is 15.4. The normalized spacial score (nSPS) is 38.2. The molecule has 2 N–H and O–H groups in total. The summed E-state index contributed by atoms with van der Waals surface area (Å²) in [5.74, 6) is -2.60. The highest BCUT2D eigenvalue weighted by atomic mass is 32.1. The molecule has 0 saturated carbocycles. The Morgan fingerprint density at radius 3 is 2.62 bits per heavy atom. The fourth-order valence-electron chi connectivity index (χ4n) is 5.56. The van der Waals surface area contributed by atoms with Gasteiger partial charge in [-0.3, -0.25) is 9.59 Å². The van der Waals surface area contributed by atoms with Crippen molar-refractivity contribution in [1.82, 2.24) is 4.98 Å².